The van der Waals surface area contributed by atoms with E-state index < -0.39 is 0 Å². The van der Waals surface area contributed by atoms with Gasteiger partial charge >= 0.3 is 5.17 Å². The normalized spacial score (nSPS) is 30.2. The summed E-state index contributed by atoms with van der Waals surface area (Å²) in [5.74, 6) is 0. The summed E-state index contributed by atoms with van der Waals surface area (Å²) in [5.41, 5.74) is 0.407. The molecule has 1 unspecified atom stereocenters. The fraction of sp³-hybridized carbons (Fsp3) is 0.900. The Bertz CT molecular complexity index is 280. The van der Waals surface area contributed by atoms with Crippen molar-refractivity contribution in [2.75, 3.05) is 33.7 Å². The van der Waals surface area contributed by atoms with Gasteiger partial charge < -0.3 is 0 Å². The molecule has 92 valence electrons. The molecule has 2 heterocycles. The van der Waals surface area contributed by atoms with Crippen LogP contribution in [0.25, 0.3) is 0 Å². The molecule has 16 heavy (non-hydrogen) atoms. The van der Waals surface area contributed by atoms with Crippen LogP contribution in [0.5, 0.6) is 0 Å². The zero-order valence-electron chi connectivity index (χ0n) is 10.3. The van der Waals surface area contributed by atoms with E-state index in [1.165, 1.54) is 31.1 Å². The number of nitrogens with one attached hydrogen (secondary N) is 1. The molecule has 0 aromatic heterocycles. The zero-order chi connectivity index (χ0) is 11.5. The van der Waals surface area contributed by atoms with Crippen molar-refractivity contribution in [3.8, 4) is 0 Å². The lowest BCUT2D eigenvalue weighted by atomic mass is 10.4. The molecule has 2 aliphatic heterocycles. The number of hydrazone groups is 1. The van der Waals surface area contributed by atoms with Gasteiger partial charge in [0, 0.05) is 17.2 Å². The number of nitrogens with zero attached hydrogens (tertiary/aromatic N) is 3. The van der Waals surface area contributed by atoms with Crippen LogP contribution in [0, 0.1) is 0 Å². The molecule has 1 atom stereocenters. The zero-order valence-corrected chi connectivity index (χ0v) is 11.9. The Morgan fingerprint density at radius 2 is 2.38 bits per heavy atom. The van der Waals surface area contributed by atoms with Crippen molar-refractivity contribution in [3.05, 3.63) is 0 Å². The predicted molar refractivity (Wildman–Crippen MR) is 72.4 cm³/mol. The fourth-order valence-corrected chi connectivity index (χ4v) is 4.61. The van der Waals surface area contributed by atoms with Crippen LogP contribution in [0.1, 0.15) is 19.8 Å². The van der Waals surface area contributed by atoms with Crippen LogP contribution in [0.2, 0.25) is 0 Å². The van der Waals surface area contributed by atoms with Gasteiger partial charge in [0.25, 0.3) is 0 Å². The standard InChI is InChI=1S/C10H20N4S2/c1-4-6-13-7-5-8-14(13)10-11-9(12(2)3)15-16-10/h9H,4-8H2,1-3H3/p+1. The molecule has 2 saturated heterocycles. The average Bonchev–Trinajstić information content (AvgIpc) is 2.84. The highest BCUT2D eigenvalue weighted by atomic mass is 33.1. The first-order chi connectivity index (χ1) is 7.72. The molecule has 0 aliphatic carbocycles. The Kier molecular flexibility index (Phi) is 4.27. The third-order valence-electron chi connectivity index (χ3n) is 2.78. The van der Waals surface area contributed by atoms with E-state index in [0.29, 0.717) is 5.50 Å². The van der Waals surface area contributed by atoms with Gasteiger partial charge in [0.15, 0.2) is 0 Å². The quantitative estimate of drug-likeness (QED) is 0.607. The van der Waals surface area contributed by atoms with Crippen molar-refractivity contribution in [3.63, 3.8) is 0 Å². The lowest BCUT2D eigenvalue weighted by Gasteiger charge is -2.17. The van der Waals surface area contributed by atoms with Crippen molar-refractivity contribution < 1.29 is 4.68 Å². The molecular formula is C10H21N4S2+. The molecule has 1 N–H and O–H groups in total. The van der Waals surface area contributed by atoms with E-state index in [9.17, 15) is 0 Å². The Hall–Kier alpha value is -0.0700. The third-order valence-corrected chi connectivity index (χ3v) is 5.39. The van der Waals surface area contributed by atoms with Gasteiger partial charge in [-0.3, -0.25) is 4.90 Å². The number of hydrogen-bond donors (Lipinski definition) is 1. The van der Waals surface area contributed by atoms with Gasteiger partial charge in [0.1, 0.15) is 6.54 Å². The van der Waals surface area contributed by atoms with Gasteiger partial charge in [-0.15, -0.1) is 0 Å². The summed E-state index contributed by atoms with van der Waals surface area (Å²) in [7, 11) is 7.99. The molecule has 0 spiro atoms. The summed E-state index contributed by atoms with van der Waals surface area (Å²) in [4.78, 5) is 2.21. The summed E-state index contributed by atoms with van der Waals surface area (Å²) in [6, 6.07) is 0. The van der Waals surface area contributed by atoms with Crippen molar-refractivity contribution in [1.82, 2.24) is 15.2 Å². The highest BCUT2D eigenvalue weighted by molar-refractivity contribution is 8.83. The molecule has 2 rings (SSSR count). The van der Waals surface area contributed by atoms with Crippen LogP contribution in [0.3, 0.4) is 0 Å². The largest absolute Gasteiger partial charge is 0.342 e. The van der Waals surface area contributed by atoms with Gasteiger partial charge in [-0.2, -0.15) is 4.68 Å². The van der Waals surface area contributed by atoms with Crippen LogP contribution >= 0.6 is 21.6 Å². The molecule has 0 amide bonds. The number of rotatable bonds is 3. The van der Waals surface area contributed by atoms with E-state index in [0.717, 1.165) is 6.54 Å². The Morgan fingerprint density at radius 1 is 1.56 bits per heavy atom. The molecular weight excluding hydrogens is 240 g/mol. The predicted octanol–water partition coefficient (Wildman–Crippen LogP) is 1.22. The van der Waals surface area contributed by atoms with Crippen LogP contribution < -0.4 is 5.32 Å². The van der Waals surface area contributed by atoms with Gasteiger partial charge in [0.2, 0.25) is 5.50 Å². The highest BCUT2D eigenvalue weighted by Crippen LogP contribution is 2.34. The molecule has 0 saturated carbocycles. The second-order valence-electron chi connectivity index (χ2n) is 4.38. The minimum Gasteiger partial charge on any atom is -0.262 e. The maximum absolute atomic E-state index is 3.57. The smallest absolute Gasteiger partial charge is 0.262 e. The summed E-state index contributed by atoms with van der Waals surface area (Å²) >= 11 is 0. The van der Waals surface area contributed by atoms with E-state index >= 15 is 0 Å². The third kappa shape index (κ3) is 2.60. The second kappa shape index (κ2) is 5.51. The first-order valence-corrected chi connectivity index (χ1v) is 8.09. The van der Waals surface area contributed by atoms with E-state index in [1.807, 2.05) is 21.6 Å². The van der Waals surface area contributed by atoms with Crippen molar-refractivity contribution >= 4 is 26.8 Å². The summed E-state index contributed by atoms with van der Waals surface area (Å²) in [6.45, 7) is 5.78. The molecule has 2 aliphatic rings. The molecule has 0 aromatic rings. The summed E-state index contributed by atoms with van der Waals surface area (Å²) < 4.78 is 2.42. The monoisotopic (exact) mass is 261 g/mol. The average molecular weight is 261 g/mol. The number of hydrogen-bond acceptors (Lipinski definition) is 4. The minimum atomic E-state index is 0.407. The Balaban J connectivity index is 2.04. The highest BCUT2D eigenvalue weighted by Gasteiger charge is 2.35. The van der Waals surface area contributed by atoms with E-state index in [2.05, 4.69) is 40.9 Å². The van der Waals surface area contributed by atoms with Crippen LogP contribution in [0.4, 0.5) is 0 Å². The van der Waals surface area contributed by atoms with Crippen molar-refractivity contribution in [2.45, 2.75) is 25.3 Å². The van der Waals surface area contributed by atoms with E-state index in [4.69, 9.17) is 0 Å². The molecule has 2 fully saturated rings. The van der Waals surface area contributed by atoms with Crippen LogP contribution in [-0.4, -0.2) is 59.0 Å². The second-order valence-corrected chi connectivity index (χ2v) is 6.65. The molecule has 4 nitrogen and oxygen atoms in total. The van der Waals surface area contributed by atoms with E-state index in [1.54, 1.807) is 0 Å². The summed E-state index contributed by atoms with van der Waals surface area (Å²) in [6.07, 6.45) is 2.50. The molecule has 0 aromatic carbocycles. The first-order valence-electron chi connectivity index (χ1n) is 5.88. The number of amidine groups is 1. The van der Waals surface area contributed by atoms with Gasteiger partial charge in [-0.25, -0.2) is 10.3 Å². The molecule has 0 bridgehead atoms. The van der Waals surface area contributed by atoms with Gasteiger partial charge in [-0.1, -0.05) is 6.92 Å². The Morgan fingerprint density at radius 3 is 3.00 bits per heavy atom. The van der Waals surface area contributed by atoms with E-state index in [-0.39, 0.29) is 0 Å². The molecule has 6 heteroatoms. The maximum Gasteiger partial charge on any atom is 0.342 e. The molecule has 0 radical (unpaired) electrons. The van der Waals surface area contributed by atoms with Crippen LogP contribution in [-0.2, 0) is 0 Å². The van der Waals surface area contributed by atoms with Crippen LogP contribution in [0.15, 0.2) is 0 Å². The summed E-state index contributed by atoms with van der Waals surface area (Å²) in [5, 5.41) is 7.35. The fourth-order valence-electron chi connectivity index (χ4n) is 1.96. The lowest BCUT2D eigenvalue weighted by Crippen LogP contribution is -2.42. The van der Waals surface area contributed by atoms with Crippen molar-refractivity contribution in [2.24, 2.45) is 0 Å². The first kappa shape index (κ1) is 12.4. The number of hydrazine groups is 1. The van der Waals surface area contributed by atoms with Crippen molar-refractivity contribution in [1.29, 1.82) is 0 Å². The Labute approximate surface area is 106 Å². The van der Waals surface area contributed by atoms with Gasteiger partial charge in [0.05, 0.1) is 13.1 Å². The lowest BCUT2D eigenvalue weighted by molar-refractivity contribution is -0.666. The SMILES string of the molecule is CCCN1CCC[N+]1=C1NC(N(C)C)SS1. The maximum atomic E-state index is 3.57. The minimum absolute atomic E-state index is 0.407. The van der Waals surface area contributed by atoms with Gasteiger partial charge in [-0.05, 0) is 31.3 Å². The topological polar surface area (TPSA) is 21.5 Å².